The molecule has 1 unspecified atom stereocenters. The van der Waals surface area contributed by atoms with Gasteiger partial charge in [-0.25, -0.2) is 4.40 Å². The third-order valence-corrected chi connectivity index (χ3v) is 7.37. The highest BCUT2D eigenvalue weighted by atomic mass is 35.5. The molecule has 0 bridgehead atoms. The largest absolute Gasteiger partial charge is 0.393 e. The molecule has 0 spiro atoms. The molecule has 1 aromatic rings. The smallest absolute Gasteiger partial charge is 0.0564 e. The number of nitrogens with zero attached hydrogens (tertiary/aromatic N) is 1. The zero-order chi connectivity index (χ0) is 15.9. The van der Waals surface area contributed by atoms with Gasteiger partial charge < -0.3 is 9.66 Å². The first-order valence-electron chi connectivity index (χ1n) is 7.07. The van der Waals surface area contributed by atoms with Gasteiger partial charge in [0, 0.05) is 27.7 Å². The lowest BCUT2D eigenvalue weighted by molar-refractivity contribution is 0.0523. The van der Waals surface area contributed by atoms with Gasteiger partial charge in [0.05, 0.1) is 6.10 Å². The summed E-state index contributed by atoms with van der Waals surface area (Å²) in [5, 5.41) is 10.4. The number of hydrogen-bond donors (Lipinski definition) is 2. The van der Waals surface area contributed by atoms with Gasteiger partial charge in [0.1, 0.15) is 0 Å². The standard InChI is InChI=1S/C16H24ClNO2S/c1-15(2,3)21(4,20)18-11-16(9-14(19)10-16)12-5-7-13(17)8-6-12/h5-8,11,14,19-20H,9-10H2,1-4H3/b18-11+. The molecule has 0 aromatic heterocycles. The predicted octanol–water partition coefficient (Wildman–Crippen LogP) is 4.42. The molecule has 0 saturated heterocycles. The second-order valence-corrected chi connectivity index (χ2v) is 10.4. The lowest BCUT2D eigenvalue weighted by Gasteiger charge is -2.45. The number of halogens is 1. The molecule has 5 heteroatoms. The van der Waals surface area contributed by atoms with Gasteiger partial charge >= 0.3 is 0 Å². The molecule has 21 heavy (non-hydrogen) atoms. The quantitative estimate of drug-likeness (QED) is 0.806. The Hall–Kier alpha value is -0.550. The Morgan fingerprint density at radius 1 is 1.29 bits per heavy atom. The van der Waals surface area contributed by atoms with Crippen LogP contribution in [0.1, 0.15) is 39.2 Å². The van der Waals surface area contributed by atoms with Crippen molar-refractivity contribution >= 4 is 28.3 Å². The lowest BCUT2D eigenvalue weighted by Crippen LogP contribution is -2.46. The molecule has 0 heterocycles. The number of hydrogen-bond acceptors (Lipinski definition) is 3. The van der Waals surface area contributed by atoms with Gasteiger partial charge in [0.15, 0.2) is 0 Å². The second-order valence-electron chi connectivity index (χ2n) is 6.91. The average molecular weight is 330 g/mol. The summed E-state index contributed by atoms with van der Waals surface area (Å²) in [5.74, 6) is 0. The van der Waals surface area contributed by atoms with Gasteiger partial charge in [0.25, 0.3) is 0 Å². The van der Waals surface area contributed by atoms with E-state index in [1.807, 2.05) is 51.3 Å². The van der Waals surface area contributed by atoms with E-state index in [1.165, 1.54) is 0 Å². The molecular weight excluding hydrogens is 306 g/mol. The first-order chi connectivity index (χ1) is 9.56. The van der Waals surface area contributed by atoms with E-state index in [-0.39, 0.29) is 16.3 Å². The fourth-order valence-corrected chi connectivity index (χ4v) is 3.19. The molecule has 118 valence electrons. The van der Waals surface area contributed by atoms with Crippen LogP contribution in [0.5, 0.6) is 0 Å². The van der Waals surface area contributed by atoms with Crippen LogP contribution in [0.3, 0.4) is 0 Å². The van der Waals surface area contributed by atoms with Crippen molar-refractivity contribution in [3.8, 4) is 0 Å². The summed E-state index contributed by atoms with van der Waals surface area (Å²) in [6.45, 7) is 5.97. The van der Waals surface area contributed by atoms with E-state index in [0.717, 1.165) is 5.56 Å². The topological polar surface area (TPSA) is 52.8 Å². The van der Waals surface area contributed by atoms with E-state index in [1.54, 1.807) is 6.26 Å². The Morgan fingerprint density at radius 2 is 1.81 bits per heavy atom. The lowest BCUT2D eigenvalue weighted by atomic mass is 9.63. The highest BCUT2D eigenvalue weighted by Gasteiger charge is 2.44. The van der Waals surface area contributed by atoms with Crippen molar-refractivity contribution in [2.45, 2.75) is 49.9 Å². The maximum atomic E-state index is 10.6. The fourth-order valence-electron chi connectivity index (χ4n) is 2.34. The maximum absolute atomic E-state index is 10.6. The Labute approximate surface area is 133 Å². The minimum absolute atomic E-state index is 0.271. The molecule has 3 nitrogen and oxygen atoms in total. The maximum Gasteiger partial charge on any atom is 0.0564 e. The van der Waals surface area contributed by atoms with Crippen LogP contribution in [0.2, 0.25) is 5.02 Å². The van der Waals surface area contributed by atoms with Gasteiger partial charge in [-0.3, -0.25) is 0 Å². The Bertz CT molecular complexity index is 528. The Balaban J connectivity index is 2.30. The molecule has 2 rings (SSSR count). The molecule has 0 radical (unpaired) electrons. The Morgan fingerprint density at radius 3 is 2.24 bits per heavy atom. The number of aliphatic hydroxyl groups is 1. The Kier molecular flexibility index (Phi) is 4.47. The van der Waals surface area contributed by atoms with Crippen molar-refractivity contribution in [2.75, 3.05) is 6.26 Å². The molecule has 1 aliphatic carbocycles. The molecular formula is C16H24ClNO2S. The molecule has 0 amide bonds. The molecule has 1 aromatic carbocycles. The summed E-state index contributed by atoms with van der Waals surface area (Å²) in [7, 11) is -2.08. The van der Waals surface area contributed by atoms with Crippen LogP contribution in [0.25, 0.3) is 0 Å². The third-order valence-electron chi connectivity index (χ3n) is 4.28. The van der Waals surface area contributed by atoms with Gasteiger partial charge in [0.2, 0.25) is 0 Å². The van der Waals surface area contributed by atoms with Gasteiger partial charge in [-0.05, 0) is 61.8 Å². The van der Waals surface area contributed by atoms with E-state index in [2.05, 4.69) is 4.40 Å². The van der Waals surface area contributed by atoms with Gasteiger partial charge in [-0.1, -0.05) is 23.7 Å². The number of aliphatic hydroxyl groups excluding tert-OH is 1. The molecule has 0 aliphatic heterocycles. The van der Waals surface area contributed by atoms with E-state index in [9.17, 15) is 9.66 Å². The molecule has 1 atom stereocenters. The number of benzene rings is 1. The highest BCUT2D eigenvalue weighted by Crippen LogP contribution is 2.54. The fraction of sp³-hybridized carbons (Fsp3) is 0.562. The van der Waals surface area contributed by atoms with Crippen molar-refractivity contribution in [3.05, 3.63) is 34.9 Å². The van der Waals surface area contributed by atoms with Crippen LogP contribution in [-0.4, -0.2) is 33.0 Å². The van der Waals surface area contributed by atoms with Crippen molar-refractivity contribution < 1.29 is 9.66 Å². The third kappa shape index (κ3) is 3.45. The highest BCUT2D eigenvalue weighted by molar-refractivity contribution is 8.28. The summed E-state index contributed by atoms with van der Waals surface area (Å²) in [4.78, 5) is 0. The summed E-state index contributed by atoms with van der Waals surface area (Å²) in [6.07, 6.45) is 4.62. The van der Waals surface area contributed by atoms with Crippen molar-refractivity contribution in [3.63, 3.8) is 0 Å². The zero-order valence-electron chi connectivity index (χ0n) is 13.0. The minimum Gasteiger partial charge on any atom is -0.393 e. The van der Waals surface area contributed by atoms with Crippen LogP contribution in [0, 0.1) is 0 Å². The summed E-state index contributed by atoms with van der Waals surface area (Å²) >= 11 is 5.94. The van der Waals surface area contributed by atoms with Crippen LogP contribution in [-0.2, 0) is 5.41 Å². The second kappa shape index (κ2) is 5.58. The zero-order valence-corrected chi connectivity index (χ0v) is 14.6. The molecule has 1 aliphatic rings. The van der Waals surface area contributed by atoms with Crippen molar-refractivity contribution in [2.24, 2.45) is 4.40 Å². The molecule has 2 N–H and O–H groups in total. The summed E-state index contributed by atoms with van der Waals surface area (Å²) < 4.78 is 14.8. The minimum atomic E-state index is -2.08. The van der Waals surface area contributed by atoms with Crippen LogP contribution in [0.4, 0.5) is 0 Å². The molecule has 1 fully saturated rings. The SMILES string of the molecule is CC(C)(C)S(C)(O)/N=C/C1(c2ccc(Cl)cc2)CC(O)C1. The summed E-state index contributed by atoms with van der Waals surface area (Å²) in [6, 6.07) is 7.65. The van der Waals surface area contributed by atoms with Crippen LogP contribution >= 0.6 is 22.1 Å². The average Bonchev–Trinajstić information content (AvgIpc) is 2.33. The van der Waals surface area contributed by atoms with E-state index < -0.39 is 10.5 Å². The first kappa shape index (κ1) is 16.8. The van der Waals surface area contributed by atoms with E-state index in [0.29, 0.717) is 17.9 Å². The van der Waals surface area contributed by atoms with Crippen molar-refractivity contribution in [1.29, 1.82) is 0 Å². The monoisotopic (exact) mass is 329 g/mol. The molecule has 1 saturated carbocycles. The summed E-state index contributed by atoms with van der Waals surface area (Å²) in [5.41, 5.74) is 0.803. The number of rotatable bonds is 3. The van der Waals surface area contributed by atoms with Gasteiger partial charge in [-0.15, -0.1) is 0 Å². The van der Waals surface area contributed by atoms with Gasteiger partial charge in [-0.2, -0.15) is 0 Å². The first-order valence-corrected chi connectivity index (χ1v) is 9.40. The van der Waals surface area contributed by atoms with Crippen LogP contribution < -0.4 is 0 Å². The normalized spacial score (nSPS) is 30.7. The predicted molar refractivity (Wildman–Crippen MR) is 92.8 cm³/mol. The van der Waals surface area contributed by atoms with Crippen molar-refractivity contribution in [1.82, 2.24) is 0 Å². The van der Waals surface area contributed by atoms with E-state index in [4.69, 9.17) is 11.6 Å². The van der Waals surface area contributed by atoms with Crippen LogP contribution in [0.15, 0.2) is 28.7 Å². The van der Waals surface area contributed by atoms with E-state index >= 15 is 0 Å².